The van der Waals surface area contributed by atoms with Crippen LogP contribution in [-0.4, -0.2) is 54.8 Å². The minimum atomic E-state index is 0.0348. The number of piperidine rings is 1. The summed E-state index contributed by atoms with van der Waals surface area (Å²) in [6.45, 7) is 11.7. The number of para-hydroxylation sites is 1. The van der Waals surface area contributed by atoms with Crippen molar-refractivity contribution in [2.24, 2.45) is 11.8 Å². The molecule has 4 rings (SSSR count). The van der Waals surface area contributed by atoms with Gasteiger partial charge < -0.3 is 14.5 Å². The van der Waals surface area contributed by atoms with Gasteiger partial charge in [0.25, 0.3) is 5.56 Å². The van der Waals surface area contributed by atoms with Gasteiger partial charge in [0.2, 0.25) is 0 Å². The molecular weight excluding hydrogens is 448 g/mol. The fourth-order valence-electron chi connectivity index (χ4n) is 5.42. The third-order valence-corrected chi connectivity index (χ3v) is 7.24. The van der Waals surface area contributed by atoms with Crippen LogP contribution in [0.2, 0.25) is 0 Å². The molecule has 0 radical (unpaired) electrons. The first-order valence-electron chi connectivity index (χ1n) is 13.5. The minimum Gasteiger partial charge on any atom is -0.496 e. The Morgan fingerprint density at radius 2 is 2.00 bits per heavy atom. The Morgan fingerprint density at radius 3 is 2.75 bits per heavy atom. The molecule has 36 heavy (non-hydrogen) atoms. The molecule has 1 fully saturated rings. The number of aromatic nitrogens is 2. The average Bonchev–Trinajstić information content (AvgIpc) is 2.88. The number of benzene rings is 2. The monoisotopic (exact) mass is 490 g/mol. The van der Waals surface area contributed by atoms with E-state index in [0.717, 1.165) is 68.0 Å². The van der Waals surface area contributed by atoms with E-state index in [9.17, 15) is 4.79 Å². The van der Waals surface area contributed by atoms with Crippen LogP contribution in [0.1, 0.15) is 46.5 Å². The molecule has 1 aliphatic heterocycles. The number of fused-ring (bicyclic) bond motifs is 1. The van der Waals surface area contributed by atoms with Crippen molar-refractivity contribution in [3.8, 4) is 17.1 Å². The molecule has 0 amide bonds. The Balaban J connectivity index is 1.79. The number of nitrogens with zero attached hydrogens (tertiary/aromatic N) is 4. The van der Waals surface area contributed by atoms with Gasteiger partial charge in [0.1, 0.15) is 11.6 Å². The van der Waals surface area contributed by atoms with E-state index >= 15 is 0 Å². The fourth-order valence-corrected chi connectivity index (χ4v) is 5.42. The van der Waals surface area contributed by atoms with E-state index in [4.69, 9.17) is 9.72 Å². The lowest BCUT2D eigenvalue weighted by Gasteiger charge is -2.34. The van der Waals surface area contributed by atoms with Crippen LogP contribution in [0, 0.1) is 11.8 Å². The number of anilines is 1. The molecule has 0 spiro atoms. The van der Waals surface area contributed by atoms with Gasteiger partial charge in [-0.05, 0) is 68.0 Å². The van der Waals surface area contributed by atoms with E-state index in [2.05, 4.69) is 43.7 Å². The van der Waals surface area contributed by atoms with Gasteiger partial charge >= 0.3 is 0 Å². The Labute approximate surface area is 215 Å². The van der Waals surface area contributed by atoms with E-state index < -0.39 is 0 Å². The second kappa shape index (κ2) is 11.9. The molecule has 0 saturated carbocycles. The van der Waals surface area contributed by atoms with Crippen LogP contribution in [0.3, 0.4) is 0 Å². The lowest BCUT2D eigenvalue weighted by molar-refractivity contribution is 0.148. The smallest absolute Gasteiger partial charge is 0.261 e. The molecule has 1 aromatic heterocycles. The molecule has 0 bridgehead atoms. The lowest BCUT2D eigenvalue weighted by atomic mass is 9.96. The van der Waals surface area contributed by atoms with Gasteiger partial charge in [0.15, 0.2) is 0 Å². The summed E-state index contributed by atoms with van der Waals surface area (Å²) in [5, 5.41) is 0.685. The molecular formula is C30H42N4O2. The first-order valence-corrected chi connectivity index (χ1v) is 13.5. The highest BCUT2D eigenvalue weighted by atomic mass is 16.5. The van der Waals surface area contributed by atoms with E-state index in [0.29, 0.717) is 29.6 Å². The highest BCUT2D eigenvalue weighted by Crippen LogP contribution is 2.30. The predicted octanol–water partition coefficient (Wildman–Crippen LogP) is 5.68. The van der Waals surface area contributed by atoms with Crippen molar-refractivity contribution in [2.45, 2.75) is 53.0 Å². The largest absolute Gasteiger partial charge is 0.496 e. The Kier molecular flexibility index (Phi) is 8.68. The maximum Gasteiger partial charge on any atom is 0.261 e. The summed E-state index contributed by atoms with van der Waals surface area (Å²) in [6, 6.07) is 14.0. The Bertz CT molecular complexity index is 1220. The summed E-state index contributed by atoms with van der Waals surface area (Å²) in [4.78, 5) is 23.9. The van der Waals surface area contributed by atoms with Crippen molar-refractivity contribution in [1.82, 2.24) is 14.5 Å². The molecule has 0 N–H and O–H groups in total. The maximum atomic E-state index is 14.1. The number of methoxy groups -OCH3 is 1. The molecule has 1 atom stereocenters. The molecule has 1 unspecified atom stereocenters. The maximum absolute atomic E-state index is 14.1. The van der Waals surface area contributed by atoms with Crippen LogP contribution in [0.15, 0.2) is 47.3 Å². The standard InChI is InChI=1S/C30H42N4O2/c1-6-7-16-32(4)24-14-15-27-26(18-24)30(35)34(21-23-11-10-17-33(20-23)19-22(2)3)29(31-27)25-12-8-9-13-28(25)36-5/h8-9,12-15,18,22-23H,6-7,10-11,16-17,19-21H2,1-5H3. The van der Waals surface area contributed by atoms with Gasteiger partial charge in [-0.25, -0.2) is 4.98 Å². The summed E-state index contributed by atoms with van der Waals surface area (Å²) < 4.78 is 7.59. The first kappa shape index (κ1) is 26.2. The minimum absolute atomic E-state index is 0.0348. The topological polar surface area (TPSA) is 50.6 Å². The SMILES string of the molecule is CCCCN(C)c1ccc2nc(-c3ccccc3OC)n(CC3CCCN(CC(C)C)C3)c(=O)c2c1. The second-order valence-electron chi connectivity index (χ2n) is 10.7. The highest BCUT2D eigenvalue weighted by Gasteiger charge is 2.24. The van der Waals surface area contributed by atoms with Crippen LogP contribution < -0.4 is 15.2 Å². The van der Waals surface area contributed by atoms with Crippen LogP contribution in [0.5, 0.6) is 5.75 Å². The van der Waals surface area contributed by atoms with E-state index in [1.165, 1.54) is 6.42 Å². The summed E-state index contributed by atoms with van der Waals surface area (Å²) in [5.74, 6) is 2.48. The van der Waals surface area contributed by atoms with E-state index in [1.54, 1.807) is 7.11 Å². The molecule has 2 heterocycles. The van der Waals surface area contributed by atoms with Crippen molar-refractivity contribution >= 4 is 16.6 Å². The highest BCUT2D eigenvalue weighted by molar-refractivity contribution is 5.84. The fraction of sp³-hybridized carbons (Fsp3) is 0.533. The van der Waals surface area contributed by atoms with Crippen molar-refractivity contribution < 1.29 is 4.74 Å². The van der Waals surface area contributed by atoms with Gasteiger partial charge in [0, 0.05) is 38.9 Å². The van der Waals surface area contributed by atoms with Crippen molar-refractivity contribution in [3.63, 3.8) is 0 Å². The molecule has 6 heteroatoms. The van der Waals surface area contributed by atoms with Crippen LogP contribution in [0.4, 0.5) is 5.69 Å². The molecule has 1 saturated heterocycles. The number of hydrogen-bond acceptors (Lipinski definition) is 5. The van der Waals surface area contributed by atoms with E-state index in [1.807, 2.05) is 41.0 Å². The molecule has 1 aliphatic rings. The van der Waals surface area contributed by atoms with Gasteiger partial charge in [-0.1, -0.05) is 39.3 Å². The first-order chi connectivity index (χ1) is 17.4. The van der Waals surface area contributed by atoms with Crippen molar-refractivity contribution in [1.29, 1.82) is 0 Å². The zero-order valence-electron chi connectivity index (χ0n) is 22.7. The molecule has 3 aromatic rings. The predicted molar refractivity (Wildman–Crippen MR) is 150 cm³/mol. The van der Waals surface area contributed by atoms with Gasteiger partial charge in [-0.15, -0.1) is 0 Å². The third kappa shape index (κ3) is 5.92. The zero-order chi connectivity index (χ0) is 25.7. The van der Waals surface area contributed by atoms with Crippen LogP contribution in [0.25, 0.3) is 22.3 Å². The number of hydrogen-bond donors (Lipinski definition) is 0. The van der Waals surface area contributed by atoms with Crippen LogP contribution >= 0.6 is 0 Å². The quantitative estimate of drug-likeness (QED) is 0.366. The number of rotatable bonds is 10. The summed E-state index contributed by atoms with van der Waals surface area (Å²) in [6.07, 6.45) is 4.57. The molecule has 6 nitrogen and oxygen atoms in total. The number of ether oxygens (including phenoxy) is 1. The van der Waals surface area contributed by atoms with E-state index in [-0.39, 0.29) is 5.56 Å². The molecule has 2 aromatic carbocycles. The summed E-state index contributed by atoms with van der Waals surface area (Å²) >= 11 is 0. The lowest BCUT2D eigenvalue weighted by Crippen LogP contribution is -2.40. The Hall–Kier alpha value is -2.86. The Morgan fingerprint density at radius 1 is 1.19 bits per heavy atom. The van der Waals surface area contributed by atoms with Crippen molar-refractivity contribution in [2.75, 3.05) is 45.2 Å². The average molecular weight is 491 g/mol. The van der Waals surface area contributed by atoms with Gasteiger partial charge in [0.05, 0.1) is 23.6 Å². The molecule has 194 valence electrons. The van der Waals surface area contributed by atoms with Crippen molar-refractivity contribution in [3.05, 3.63) is 52.8 Å². The summed E-state index contributed by atoms with van der Waals surface area (Å²) in [7, 11) is 3.77. The van der Waals surface area contributed by atoms with Gasteiger partial charge in [-0.2, -0.15) is 0 Å². The van der Waals surface area contributed by atoms with Gasteiger partial charge in [-0.3, -0.25) is 9.36 Å². The number of likely N-dealkylation sites (tertiary alicyclic amines) is 1. The third-order valence-electron chi connectivity index (χ3n) is 7.24. The normalized spacial score (nSPS) is 16.6. The van der Waals surface area contributed by atoms with Crippen LogP contribution in [-0.2, 0) is 6.54 Å². The summed E-state index contributed by atoms with van der Waals surface area (Å²) in [5.41, 5.74) is 2.69. The number of unbranched alkanes of at least 4 members (excludes halogenated alkanes) is 1. The zero-order valence-corrected chi connectivity index (χ0v) is 22.7. The second-order valence-corrected chi connectivity index (χ2v) is 10.7. The molecule has 0 aliphatic carbocycles.